The SMILES string of the molecule is c1ccc(-c2nc(-c3cccc(-c4ccc5c(c4)C(c4ccccc4)(c4ccccc4)c4ccccc4-5)c3)cc(-c3ccccc3-c3cccc4oc5ccccc5c34)n2)cc1. The van der Waals surface area contributed by atoms with Crippen LogP contribution in [0.25, 0.3) is 89.2 Å². The van der Waals surface area contributed by atoms with Gasteiger partial charge in [0.15, 0.2) is 5.82 Å². The fourth-order valence-electron chi connectivity index (χ4n) is 9.87. The van der Waals surface area contributed by atoms with Gasteiger partial charge in [-0.2, -0.15) is 0 Å². The zero-order chi connectivity index (χ0) is 41.0. The van der Waals surface area contributed by atoms with E-state index in [1.165, 1.54) is 33.4 Å². The van der Waals surface area contributed by atoms with Crippen LogP contribution in [0, 0.1) is 0 Å². The van der Waals surface area contributed by atoms with E-state index in [0.29, 0.717) is 5.82 Å². The molecule has 0 fully saturated rings. The van der Waals surface area contributed by atoms with Gasteiger partial charge in [-0.05, 0) is 86.0 Å². The van der Waals surface area contributed by atoms with Crippen LogP contribution in [0.2, 0.25) is 0 Å². The molecule has 0 amide bonds. The van der Waals surface area contributed by atoms with Crippen LogP contribution in [0.15, 0.2) is 235 Å². The van der Waals surface area contributed by atoms with E-state index in [1.807, 2.05) is 36.4 Å². The Morgan fingerprint density at radius 1 is 0.323 bits per heavy atom. The minimum Gasteiger partial charge on any atom is -0.456 e. The molecule has 1 aliphatic carbocycles. The van der Waals surface area contributed by atoms with Crippen molar-refractivity contribution in [1.29, 1.82) is 0 Å². The topological polar surface area (TPSA) is 38.9 Å². The van der Waals surface area contributed by atoms with Crippen molar-refractivity contribution in [3.63, 3.8) is 0 Å². The highest BCUT2D eigenvalue weighted by Crippen LogP contribution is 2.56. The van der Waals surface area contributed by atoms with Crippen molar-refractivity contribution in [3.8, 4) is 67.3 Å². The van der Waals surface area contributed by atoms with Gasteiger partial charge in [-0.1, -0.05) is 200 Å². The summed E-state index contributed by atoms with van der Waals surface area (Å²) in [5.74, 6) is 0.677. The predicted octanol–water partition coefficient (Wildman–Crippen LogP) is 15.1. The summed E-state index contributed by atoms with van der Waals surface area (Å²) >= 11 is 0. The number of fused-ring (bicyclic) bond motifs is 6. The fraction of sp³-hybridized carbons (Fsp3) is 0.0169. The minimum absolute atomic E-state index is 0.478. The molecule has 0 N–H and O–H groups in total. The Bertz CT molecular complexity index is 3420. The standard InChI is InChI=1S/C59H38N2O/c1-4-18-39(19-5-1)58-60-53(38-54(61-58)48-28-11-10-26-45(48)49-30-17-33-56-57(49)50-29-13-15-32-55(50)62-56)42-21-16-20-40(36-42)41-34-35-47-46-27-12-14-31-51(46)59(52(47)37-41,43-22-6-2-7-23-43)44-24-8-3-9-25-44/h1-38H. The summed E-state index contributed by atoms with van der Waals surface area (Å²) in [6.45, 7) is 0. The summed E-state index contributed by atoms with van der Waals surface area (Å²) in [7, 11) is 0. The summed E-state index contributed by atoms with van der Waals surface area (Å²) in [5.41, 5.74) is 18.1. The number of para-hydroxylation sites is 1. The van der Waals surface area contributed by atoms with Crippen LogP contribution in [0.1, 0.15) is 22.3 Å². The first-order valence-corrected chi connectivity index (χ1v) is 21.1. The second-order valence-corrected chi connectivity index (χ2v) is 16.0. The van der Waals surface area contributed by atoms with Crippen molar-refractivity contribution in [2.24, 2.45) is 0 Å². The molecular formula is C59H38N2O. The van der Waals surface area contributed by atoms with E-state index < -0.39 is 5.41 Å². The van der Waals surface area contributed by atoms with E-state index in [9.17, 15) is 0 Å². The highest BCUT2D eigenvalue weighted by atomic mass is 16.3. The Morgan fingerprint density at radius 3 is 1.66 bits per heavy atom. The van der Waals surface area contributed by atoms with Gasteiger partial charge in [-0.3, -0.25) is 0 Å². The largest absolute Gasteiger partial charge is 0.456 e. The highest BCUT2D eigenvalue weighted by Gasteiger charge is 2.46. The zero-order valence-electron chi connectivity index (χ0n) is 33.7. The number of hydrogen-bond acceptors (Lipinski definition) is 3. The van der Waals surface area contributed by atoms with Crippen molar-refractivity contribution in [2.45, 2.75) is 5.41 Å². The molecule has 2 aromatic heterocycles. The molecule has 12 rings (SSSR count). The smallest absolute Gasteiger partial charge is 0.160 e. The molecule has 9 aromatic carbocycles. The lowest BCUT2D eigenvalue weighted by molar-refractivity contribution is 0.669. The Kier molecular flexibility index (Phi) is 8.39. The number of hydrogen-bond donors (Lipinski definition) is 0. The number of furan rings is 1. The van der Waals surface area contributed by atoms with Crippen LogP contribution in [0.5, 0.6) is 0 Å². The van der Waals surface area contributed by atoms with E-state index in [4.69, 9.17) is 14.4 Å². The molecule has 3 nitrogen and oxygen atoms in total. The molecule has 290 valence electrons. The first-order chi connectivity index (χ1) is 30.7. The number of benzene rings is 9. The average Bonchev–Trinajstić information content (AvgIpc) is 3.89. The van der Waals surface area contributed by atoms with Gasteiger partial charge in [0.2, 0.25) is 0 Å². The predicted molar refractivity (Wildman–Crippen MR) is 254 cm³/mol. The van der Waals surface area contributed by atoms with E-state index >= 15 is 0 Å². The normalized spacial score (nSPS) is 12.6. The molecule has 0 atom stereocenters. The van der Waals surface area contributed by atoms with Crippen LogP contribution in [0.4, 0.5) is 0 Å². The molecule has 0 aliphatic heterocycles. The lowest BCUT2D eigenvalue weighted by atomic mass is 9.67. The molecular weight excluding hydrogens is 753 g/mol. The minimum atomic E-state index is -0.478. The maximum absolute atomic E-state index is 6.33. The third kappa shape index (κ3) is 5.67. The Hall–Kier alpha value is -8.14. The lowest BCUT2D eigenvalue weighted by Gasteiger charge is -2.34. The molecule has 11 aromatic rings. The third-order valence-corrected chi connectivity index (χ3v) is 12.6. The lowest BCUT2D eigenvalue weighted by Crippen LogP contribution is -2.28. The second kappa shape index (κ2) is 14.5. The van der Waals surface area contributed by atoms with Gasteiger partial charge < -0.3 is 4.42 Å². The van der Waals surface area contributed by atoms with Gasteiger partial charge in [0.05, 0.1) is 16.8 Å². The highest BCUT2D eigenvalue weighted by molar-refractivity contribution is 6.13. The van der Waals surface area contributed by atoms with Gasteiger partial charge in [-0.15, -0.1) is 0 Å². The molecule has 2 heterocycles. The van der Waals surface area contributed by atoms with Crippen LogP contribution in [-0.4, -0.2) is 9.97 Å². The van der Waals surface area contributed by atoms with Crippen molar-refractivity contribution in [3.05, 3.63) is 253 Å². The summed E-state index contributed by atoms with van der Waals surface area (Å²) in [5, 5.41) is 2.19. The van der Waals surface area contributed by atoms with Crippen molar-refractivity contribution < 1.29 is 4.42 Å². The summed E-state index contributed by atoms with van der Waals surface area (Å²) < 4.78 is 6.33. The monoisotopic (exact) mass is 790 g/mol. The van der Waals surface area contributed by atoms with Gasteiger partial charge in [0.25, 0.3) is 0 Å². The number of rotatable bonds is 7. The molecule has 0 bridgehead atoms. The first kappa shape index (κ1) is 35.8. The molecule has 0 saturated carbocycles. The Morgan fingerprint density at radius 2 is 0.871 bits per heavy atom. The number of aromatic nitrogens is 2. The average molecular weight is 791 g/mol. The fourth-order valence-corrected chi connectivity index (χ4v) is 9.87. The van der Waals surface area contributed by atoms with Crippen molar-refractivity contribution >= 4 is 21.9 Å². The second-order valence-electron chi connectivity index (χ2n) is 16.0. The molecule has 3 heteroatoms. The quantitative estimate of drug-likeness (QED) is 0.161. The molecule has 0 unspecified atom stereocenters. The van der Waals surface area contributed by atoms with Crippen LogP contribution < -0.4 is 0 Å². The zero-order valence-corrected chi connectivity index (χ0v) is 33.7. The van der Waals surface area contributed by atoms with Gasteiger partial charge >= 0.3 is 0 Å². The van der Waals surface area contributed by atoms with Crippen molar-refractivity contribution in [2.75, 3.05) is 0 Å². The van der Waals surface area contributed by atoms with E-state index in [2.05, 4.69) is 194 Å². The maximum Gasteiger partial charge on any atom is 0.160 e. The first-order valence-electron chi connectivity index (χ1n) is 21.1. The molecule has 1 aliphatic rings. The maximum atomic E-state index is 6.33. The summed E-state index contributed by atoms with van der Waals surface area (Å²) in [6, 6.07) is 82.2. The molecule has 0 radical (unpaired) electrons. The van der Waals surface area contributed by atoms with Crippen LogP contribution in [0.3, 0.4) is 0 Å². The van der Waals surface area contributed by atoms with E-state index in [1.54, 1.807) is 0 Å². The number of nitrogens with zero attached hydrogens (tertiary/aromatic N) is 2. The molecule has 62 heavy (non-hydrogen) atoms. The van der Waals surface area contributed by atoms with Gasteiger partial charge in [0.1, 0.15) is 11.2 Å². The molecule has 0 saturated heterocycles. The van der Waals surface area contributed by atoms with Crippen LogP contribution >= 0.6 is 0 Å². The van der Waals surface area contributed by atoms with E-state index in [-0.39, 0.29) is 0 Å². The Balaban J connectivity index is 1.03. The van der Waals surface area contributed by atoms with Crippen molar-refractivity contribution in [1.82, 2.24) is 9.97 Å². The summed E-state index contributed by atoms with van der Waals surface area (Å²) in [4.78, 5) is 10.6. The van der Waals surface area contributed by atoms with Crippen LogP contribution in [-0.2, 0) is 5.41 Å². The Labute approximate surface area is 360 Å². The van der Waals surface area contributed by atoms with Gasteiger partial charge in [0, 0.05) is 27.5 Å². The molecule has 0 spiro atoms. The van der Waals surface area contributed by atoms with Gasteiger partial charge in [-0.25, -0.2) is 9.97 Å². The summed E-state index contributed by atoms with van der Waals surface area (Å²) in [6.07, 6.45) is 0. The van der Waals surface area contributed by atoms with E-state index in [0.717, 1.165) is 72.3 Å². The third-order valence-electron chi connectivity index (χ3n) is 12.6.